The normalized spacial score (nSPS) is 29.8. The molecule has 3 heterocycles. The molecule has 0 aromatic heterocycles. The van der Waals surface area contributed by atoms with Crippen LogP contribution in [-0.2, 0) is 33.2 Å². The standard InChI is InChI=1S/C65H111NO18/c1-3-5-7-9-11-13-15-17-18-19-20-21-22-23-24-25-26-27-28-29-30-31-33-35-37-39-41-43-53(71)66-48(49(70)42-40-38-36-34-32-16-14-12-10-8-6-4-2)47-79-63-59(77)56(74)61(51(45-68)81-63)84-65-60(78)57(75)62(52(46-69)82-65)83-64-58(76)55(73)54(72)50(44-67)80-64/h5,7,10-13,17-18,20-21,32,34,40,42,48-52,54-65,67-70,72-78H,3-4,6,8-9,14-16,19,22-31,33,35-39,41,43-47H2,1-2H3,(H,66,71)/b7-5-,12-10+,13-11-,18-17-,21-20-,34-32+,42-40+. The molecule has 0 aromatic rings. The third-order valence-electron chi connectivity index (χ3n) is 15.4. The fourth-order valence-corrected chi connectivity index (χ4v) is 10.2. The van der Waals surface area contributed by atoms with Crippen LogP contribution in [0.4, 0.5) is 0 Å². The summed E-state index contributed by atoms with van der Waals surface area (Å²) in [6.07, 6.45) is 31.5. The van der Waals surface area contributed by atoms with Crippen LogP contribution in [0.15, 0.2) is 85.1 Å². The van der Waals surface area contributed by atoms with Crippen LogP contribution in [-0.4, -0.2) is 193 Å². The van der Waals surface area contributed by atoms with Crippen LogP contribution in [0.2, 0.25) is 0 Å². The Morgan fingerprint density at radius 2 is 0.833 bits per heavy atom. The van der Waals surface area contributed by atoms with Crippen LogP contribution < -0.4 is 5.32 Å². The Kier molecular flexibility index (Phi) is 42.1. The highest BCUT2D eigenvalue weighted by Crippen LogP contribution is 2.33. The number of aliphatic hydroxyl groups excluding tert-OH is 11. The average molecular weight is 1190 g/mol. The maximum Gasteiger partial charge on any atom is 0.220 e. The van der Waals surface area contributed by atoms with E-state index in [1.807, 2.05) is 6.08 Å². The minimum absolute atomic E-state index is 0.227. The molecular formula is C65H111NO18. The van der Waals surface area contributed by atoms with Crippen molar-refractivity contribution in [2.75, 3.05) is 26.4 Å². The predicted molar refractivity (Wildman–Crippen MR) is 323 cm³/mol. The lowest BCUT2D eigenvalue weighted by Crippen LogP contribution is -2.66. The first-order chi connectivity index (χ1) is 40.8. The number of ether oxygens (including phenoxy) is 6. The molecule has 3 fully saturated rings. The van der Waals surface area contributed by atoms with Gasteiger partial charge in [0.2, 0.25) is 5.91 Å². The molecule has 1 amide bonds. The number of amides is 1. The van der Waals surface area contributed by atoms with Crippen molar-refractivity contribution in [1.29, 1.82) is 0 Å². The van der Waals surface area contributed by atoms with Gasteiger partial charge in [-0.3, -0.25) is 4.79 Å². The zero-order chi connectivity index (χ0) is 61.2. The monoisotopic (exact) mass is 1190 g/mol. The van der Waals surface area contributed by atoms with Crippen LogP contribution in [0.1, 0.15) is 187 Å². The molecule has 0 radical (unpaired) electrons. The smallest absolute Gasteiger partial charge is 0.220 e. The maximum absolute atomic E-state index is 13.3. The molecule has 19 heteroatoms. The zero-order valence-corrected chi connectivity index (χ0v) is 50.6. The van der Waals surface area contributed by atoms with Crippen LogP contribution in [0, 0.1) is 0 Å². The summed E-state index contributed by atoms with van der Waals surface area (Å²) in [6, 6.07) is -0.999. The predicted octanol–water partition coefficient (Wildman–Crippen LogP) is 6.76. The first kappa shape index (κ1) is 75.2. The lowest BCUT2D eigenvalue weighted by molar-refractivity contribution is -0.379. The molecule has 0 saturated carbocycles. The summed E-state index contributed by atoms with van der Waals surface area (Å²) in [4.78, 5) is 13.3. The van der Waals surface area contributed by atoms with Gasteiger partial charge < -0.3 is 89.9 Å². The molecule has 0 aromatic carbocycles. The van der Waals surface area contributed by atoms with Crippen molar-refractivity contribution < 1.29 is 89.4 Å². The molecule has 17 atom stereocenters. The quantitative estimate of drug-likeness (QED) is 0.0221. The number of aliphatic hydroxyl groups is 11. The van der Waals surface area contributed by atoms with Crippen molar-refractivity contribution >= 4 is 5.91 Å². The summed E-state index contributed by atoms with van der Waals surface area (Å²) in [5, 5.41) is 120. The van der Waals surface area contributed by atoms with E-state index in [0.29, 0.717) is 12.8 Å². The Labute approximate surface area is 501 Å². The Morgan fingerprint density at radius 3 is 1.33 bits per heavy atom. The van der Waals surface area contributed by atoms with Crippen molar-refractivity contribution in [3.8, 4) is 0 Å². The summed E-state index contributed by atoms with van der Waals surface area (Å²) >= 11 is 0. The third-order valence-corrected chi connectivity index (χ3v) is 15.4. The molecule has 484 valence electrons. The van der Waals surface area contributed by atoms with E-state index < -0.39 is 124 Å². The largest absolute Gasteiger partial charge is 0.394 e. The summed E-state index contributed by atoms with van der Waals surface area (Å²) in [7, 11) is 0. The highest BCUT2D eigenvalue weighted by molar-refractivity contribution is 5.76. The number of carbonyl (C=O) groups is 1. The molecule has 3 aliphatic rings. The van der Waals surface area contributed by atoms with Crippen molar-refractivity contribution in [1.82, 2.24) is 5.32 Å². The Hall–Kier alpha value is -3.03. The number of allylic oxidation sites excluding steroid dienone is 13. The Morgan fingerprint density at radius 1 is 0.440 bits per heavy atom. The minimum atomic E-state index is -1.98. The van der Waals surface area contributed by atoms with E-state index in [4.69, 9.17) is 28.4 Å². The molecule has 3 aliphatic heterocycles. The second-order valence-electron chi connectivity index (χ2n) is 22.5. The van der Waals surface area contributed by atoms with Gasteiger partial charge >= 0.3 is 0 Å². The van der Waals surface area contributed by atoms with E-state index in [9.17, 15) is 61.0 Å². The first-order valence-electron chi connectivity index (χ1n) is 31.8. The molecule has 17 unspecified atom stereocenters. The number of hydrogen-bond donors (Lipinski definition) is 12. The molecule has 0 spiro atoms. The van der Waals surface area contributed by atoms with Crippen molar-refractivity contribution in [2.45, 2.75) is 291 Å². The third kappa shape index (κ3) is 29.8. The van der Waals surface area contributed by atoms with Crippen LogP contribution >= 0.6 is 0 Å². The van der Waals surface area contributed by atoms with Gasteiger partial charge in [-0.1, -0.05) is 189 Å². The number of unbranched alkanes of at least 4 members (excludes halogenated alkanes) is 18. The molecule has 0 aliphatic carbocycles. The van der Waals surface area contributed by atoms with Gasteiger partial charge in [0.15, 0.2) is 18.9 Å². The van der Waals surface area contributed by atoms with Crippen LogP contribution in [0.5, 0.6) is 0 Å². The first-order valence-corrected chi connectivity index (χ1v) is 31.8. The van der Waals surface area contributed by atoms with E-state index in [1.54, 1.807) is 6.08 Å². The van der Waals surface area contributed by atoms with Gasteiger partial charge in [0, 0.05) is 6.42 Å². The molecule has 0 bridgehead atoms. The van der Waals surface area contributed by atoms with Crippen molar-refractivity contribution in [3.63, 3.8) is 0 Å². The highest BCUT2D eigenvalue weighted by Gasteiger charge is 2.53. The topological polar surface area (TPSA) is 307 Å². The summed E-state index contributed by atoms with van der Waals surface area (Å²) < 4.78 is 34.2. The number of rotatable bonds is 46. The van der Waals surface area contributed by atoms with Crippen molar-refractivity contribution in [3.05, 3.63) is 85.1 Å². The van der Waals surface area contributed by atoms with Crippen LogP contribution in [0.3, 0.4) is 0 Å². The van der Waals surface area contributed by atoms with Crippen LogP contribution in [0.25, 0.3) is 0 Å². The summed E-state index contributed by atoms with van der Waals surface area (Å²) in [5.41, 5.74) is 0. The second kappa shape index (κ2) is 47.0. The van der Waals surface area contributed by atoms with Gasteiger partial charge in [0.05, 0.1) is 38.6 Å². The zero-order valence-electron chi connectivity index (χ0n) is 50.6. The van der Waals surface area contributed by atoms with Crippen molar-refractivity contribution in [2.24, 2.45) is 0 Å². The highest BCUT2D eigenvalue weighted by atomic mass is 16.8. The van der Waals surface area contributed by atoms with Gasteiger partial charge in [-0.05, 0) is 77.0 Å². The molecule has 3 saturated heterocycles. The fraction of sp³-hybridized carbons (Fsp3) is 0.769. The molecule has 3 rings (SSSR count). The molecular weight excluding hydrogens is 1080 g/mol. The average Bonchev–Trinajstić information content (AvgIpc) is 2.98. The van der Waals surface area contributed by atoms with E-state index >= 15 is 0 Å². The van der Waals surface area contributed by atoms with E-state index in [0.717, 1.165) is 83.5 Å². The van der Waals surface area contributed by atoms with Gasteiger partial charge in [-0.25, -0.2) is 0 Å². The summed E-state index contributed by atoms with van der Waals surface area (Å²) in [5.74, 6) is -0.296. The number of hydrogen-bond acceptors (Lipinski definition) is 18. The number of carbonyl (C=O) groups excluding carboxylic acids is 1. The molecule has 19 nitrogen and oxygen atoms in total. The fourth-order valence-electron chi connectivity index (χ4n) is 10.2. The van der Waals surface area contributed by atoms with E-state index in [-0.39, 0.29) is 18.9 Å². The van der Waals surface area contributed by atoms with Gasteiger partial charge in [-0.15, -0.1) is 0 Å². The van der Waals surface area contributed by atoms with Gasteiger partial charge in [0.25, 0.3) is 0 Å². The Bertz CT molecular complexity index is 1860. The lowest BCUT2D eigenvalue weighted by atomic mass is 9.96. The van der Waals surface area contributed by atoms with Gasteiger partial charge in [-0.2, -0.15) is 0 Å². The minimum Gasteiger partial charge on any atom is -0.394 e. The maximum atomic E-state index is 13.3. The number of nitrogens with one attached hydrogen (secondary N) is 1. The van der Waals surface area contributed by atoms with Gasteiger partial charge in [0.1, 0.15) is 73.2 Å². The second-order valence-corrected chi connectivity index (χ2v) is 22.5. The Balaban J connectivity index is 1.43. The lowest BCUT2D eigenvalue weighted by Gasteiger charge is -2.48. The van der Waals surface area contributed by atoms with E-state index in [1.165, 1.54) is 70.6 Å². The summed E-state index contributed by atoms with van der Waals surface area (Å²) in [6.45, 7) is 1.51. The molecule has 12 N–H and O–H groups in total. The molecule has 84 heavy (non-hydrogen) atoms. The SMILES string of the molecule is CC/C=C\C/C=C\C/C=C\C/C=C\CCCCCCCCCCCCCCCCC(=O)NC(COC1OC(CO)C(OC2OC(CO)C(OC3OC(CO)C(O)C(O)C3O)C(O)C2O)C(O)C1O)C(O)/C=C/CC/C=C/CC/C=C/CCCC. The van der Waals surface area contributed by atoms with E-state index in [2.05, 4.69) is 92.1 Å².